The first kappa shape index (κ1) is 10.3. The molecule has 0 spiro atoms. The second kappa shape index (κ2) is 5.02. The minimum atomic E-state index is -0.343. The van der Waals surface area contributed by atoms with E-state index in [1.165, 1.54) is 0 Å². The number of hydrogen-bond acceptors (Lipinski definition) is 3. The van der Waals surface area contributed by atoms with E-state index in [0.29, 0.717) is 18.6 Å². The molecule has 0 bridgehead atoms. The maximum atomic E-state index is 11.2. The molecule has 0 amide bonds. The fourth-order valence-electron chi connectivity index (χ4n) is 1.15. The van der Waals surface area contributed by atoms with Crippen LogP contribution in [0.3, 0.4) is 0 Å². The van der Waals surface area contributed by atoms with Gasteiger partial charge in [-0.15, -0.1) is 0 Å². The van der Waals surface area contributed by atoms with Crippen LogP contribution in [0.25, 0.3) is 0 Å². The van der Waals surface area contributed by atoms with E-state index < -0.39 is 0 Å². The molecule has 1 heterocycles. The van der Waals surface area contributed by atoms with E-state index in [0.717, 1.165) is 19.3 Å². The summed E-state index contributed by atoms with van der Waals surface area (Å²) in [7, 11) is 0. The molecule has 1 unspecified atom stereocenters. The van der Waals surface area contributed by atoms with Crippen molar-refractivity contribution in [1.29, 1.82) is 0 Å². The first-order valence-electron chi connectivity index (χ1n) is 4.74. The Bertz CT molecular complexity index is 192. The average molecular weight is 184 g/mol. The Hall–Kier alpha value is -0.830. The van der Waals surface area contributed by atoms with E-state index in [-0.39, 0.29) is 12.3 Å². The number of carbonyl (C=O) groups excluding carboxylic acids is 1. The van der Waals surface area contributed by atoms with Gasteiger partial charge in [-0.1, -0.05) is 13.5 Å². The van der Waals surface area contributed by atoms with Crippen LogP contribution in [0.1, 0.15) is 32.6 Å². The third-order valence-corrected chi connectivity index (χ3v) is 2.09. The normalized spacial score (nSPS) is 22.4. The second-order valence-electron chi connectivity index (χ2n) is 3.16. The Kier molecular flexibility index (Phi) is 3.96. The number of ether oxygens (including phenoxy) is 2. The Morgan fingerprint density at radius 3 is 2.92 bits per heavy atom. The fraction of sp³-hybridized carbons (Fsp3) is 0.700. The highest BCUT2D eigenvalue weighted by atomic mass is 16.7. The highest BCUT2D eigenvalue weighted by Gasteiger charge is 2.18. The lowest BCUT2D eigenvalue weighted by Crippen LogP contribution is -2.25. The number of carbonyl (C=O) groups is 1. The van der Waals surface area contributed by atoms with Crippen LogP contribution in [0.2, 0.25) is 0 Å². The van der Waals surface area contributed by atoms with Crippen molar-refractivity contribution in [2.75, 3.05) is 6.61 Å². The smallest absolute Gasteiger partial charge is 0.335 e. The van der Waals surface area contributed by atoms with Crippen LogP contribution in [0.4, 0.5) is 0 Å². The molecule has 1 atom stereocenters. The molecule has 3 heteroatoms. The lowest BCUT2D eigenvalue weighted by atomic mass is 10.2. The van der Waals surface area contributed by atoms with Gasteiger partial charge in [-0.3, -0.25) is 0 Å². The van der Waals surface area contributed by atoms with E-state index in [2.05, 4.69) is 6.58 Å². The van der Waals surface area contributed by atoms with Gasteiger partial charge >= 0.3 is 5.97 Å². The number of esters is 1. The van der Waals surface area contributed by atoms with Crippen molar-refractivity contribution in [2.24, 2.45) is 0 Å². The molecule has 13 heavy (non-hydrogen) atoms. The summed E-state index contributed by atoms with van der Waals surface area (Å²) in [5.74, 6) is -0.325. The van der Waals surface area contributed by atoms with Gasteiger partial charge in [-0.2, -0.15) is 0 Å². The van der Waals surface area contributed by atoms with Crippen LogP contribution in [-0.4, -0.2) is 18.9 Å². The molecule has 1 fully saturated rings. The summed E-state index contributed by atoms with van der Waals surface area (Å²) in [4.78, 5) is 11.2. The highest BCUT2D eigenvalue weighted by molar-refractivity contribution is 5.87. The summed E-state index contributed by atoms with van der Waals surface area (Å²) in [5.41, 5.74) is 0.508. The maximum Gasteiger partial charge on any atom is 0.335 e. The lowest BCUT2D eigenvalue weighted by molar-refractivity contribution is -0.182. The van der Waals surface area contributed by atoms with Gasteiger partial charge in [0.05, 0.1) is 6.61 Å². The SMILES string of the molecule is C=C(CC)C(=O)OC1CCCCO1. The van der Waals surface area contributed by atoms with Gasteiger partial charge in [0.2, 0.25) is 6.29 Å². The molecule has 1 saturated heterocycles. The van der Waals surface area contributed by atoms with E-state index >= 15 is 0 Å². The molecule has 0 aromatic carbocycles. The molecule has 0 radical (unpaired) electrons. The van der Waals surface area contributed by atoms with Crippen molar-refractivity contribution in [3.8, 4) is 0 Å². The number of rotatable bonds is 3. The Morgan fingerprint density at radius 1 is 1.62 bits per heavy atom. The van der Waals surface area contributed by atoms with Crippen molar-refractivity contribution in [1.82, 2.24) is 0 Å². The molecule has 1 aliphatic rings. The first-order chi connectivity index (χ1) is 6.24. The molecule has 74 valence electrons. The molecule has 0 N–H and O–H groups in total. The fourth-order valence-corrected chi connectivity index (χ4v) is 1.15. The van der Waals surface area contributed by atoms with Gasteiger partial charge in [0.1, 0.15) is 0 Å². The van der Waals surface area contributed by atoms with E-state index in [9.17, 15) is 4.79 Å². The van der Waals surface area contributed by atoms with Crippen molar-refractivity contribution in [2.45, 2.75) is 38.9 Å². The van der Waals surface area contributed by atoms with Crippen LogP contribution in [0, 0.1) is 0 Å². The molecular formula is C10H16O3. The van der Waals surface area contributed by atoms with Gasteiger partial charge in [0.25, 0.3) is 0 Å². The quantitative estimate of drug-likeness (QED) is 0.497. The Labute approximate surface area is 78.7 Å². The van der Waals surface area contributed by atoms with E-state index in [4.69, 9.17) is 9.47 Å². The highest BCUT2D eigenvalue weighted by Crippen LogP contribution is 2.15. The topological polar surface area (TPSA) is 35.5 Å². The molecule has 0 aromatic rings. The molecule has 0 aromatic heterocycles. The third kappa shape index (κ3) is 3.19. The molecular weight excluding hydrogens is 168 g/mol. The molecule has 3 nitrogen and oxygen atoms in total. The Morgan fingerprint density at radius 2 is 2.38 bits per heavy atom. The summed E-state index contributed by atoms with van der Waals surface area (Å²) >= 11 is 0. The van der Waals surface area contributed by atoms with Crippen LogP contribution >= 0.6 is 0 Å². The van der Waals surface area contributed by atoms with Crippen molar-refractivity contribution in [3.05, 3.63) is 12.2 Å². The van der Waals surface area contributed by atoms with Crippen molar-refractivity contribution < 1.29 is 14.3 Å². The summed E-state index contributed by atoms with van der Waals surface area (Å²) in [6.45, 7) is 6.18. The first-order valence-corrected chi connectivity index (χ1v) is 4.74. The lowest BCUT2D eigenvalue weighted by Gasteiger charge is -2.22. The second-order valence-corrected chi connectivity index (χ2v) is 3.16. The van der Waals surface area contributed by atoms with Crippen LogP contribution in [-0.2, 0) is 14.3 Å². The zero-order chi connectivity index (χ0) is 9.68. The van der Waals surface area contributed by atoms with Gasteiger partial charge in [-0.25, -0.2) is 4.79 Å². The maximum absolute atomic E-state index is 11.2. The molecule has 1 rings (SSSR count). The van der Waals surface area contributed by atoms with Gasteiger partial charge in [-0.05, 0) is 19.3 Å². The summed E-state index contributed by atoms with van der Waals surface area (Å²) in [6, 6.07) is 0. The van der Waals surface area contributed by atoms with Crippen LogP contribution < -0.4 is 0 Å². The largest absolute Gasteiger partial charge is 0.432 e. The molecule has 0 saturated carbocycles. The minimum Gasteiger partial charge on any atom is -0.432 e. The standard InChI is InChI=1S/C10H16O3/c1-3-8(2)10(11)13-9-6-4-5-7-12-9/h9H,2-7H2,1H3. The predicted molar refractivity (Wildman–Crippen MR) is 49.1 cm³/mol. The Balaban J connectivity index is 2.30. The summed E-state index contributed by atoms with van der Waals surface area (Å²) in [5, 5.41) is 0. The third-order valence-electron chi connectivity index (χ3n) is 2.09. The van der Waals surface area contributed by atoms with Gasteiger partial charge < -0.3 is 9.47 Å². The van der Waals surface area contributed by atoms with Crippen LogP contribution in [0.15, 0.2) is 12.2 Å². The van der Waals surface area contributed by atoms with Crippen molar-refractivity contribution >= 4 is 5.97 Å². The average Bonchev–Trinajstić information content (AvgIpc) is 2.18. The predicted octanol–water partition coefficient (Wildman–Crippen LogP) is 2.02. The van der Waals surface area contributed by atoms with E-state index in [1.807, 2.05) is 6.92 Å². The monoisotopic (exact) mass is 184 g/mol. The minimum absolute atomic E-state index is 0.325. The van der Waals surface area contributed by atoms with Crippen molar-refractivity contribution in [3.63, 3.8) is 0 Å². The van der Waals surface area contributed by atoms with Gasteiger partial charge in [0.15, 0.2) is 0 Å². The van der Waals surface area contributed by atoms with E-state index in [1.54, 1.807) is 0 Å². The van der Waals surface area contributed by atoms with Gasteiger partial charge in [0, 0.05) is 12.0 Å². The zero-order valence-electron chi connectivity index (χ0n) is 8.04. The number of hydrogen-bond donors (Lipinski definition) is 0. The molecule has 1 aliphatic heterocycles. The summed E-state index contributed by atoms with van der Waals surface area (Å²) in [6.07, 6.45) is 3.22. The molecule has 0 aliphatic carbocycles. The summed E-state index contributed by atoms with van der Waals surface area (Å²) < 4.78 is 10.3. The van der Waals surface area contributed by atoms with Crippen LogP contribution in [0.5, 0.6) is 0 Å². The zero-order valence-corrected chi connectivity index (χ0v) is 8.04.